The highest BCUT2D eigenvalue weighted by Gasteiger charge is 2.14. The molecule has 0 saturated carbocycles. The molecule has 7 nitrogen and oxygen atoms in total. The Bertz CT molecular complexity index is 948. The minimum atomic E-state index is -0.102. The van der Waals surface area contributed by atoms with E-state index in [0.29, 0.717) is 17.9 Å². The number of amides is 1. The molecule has 2 heterocycles. The van der Waals surface area contributed by atoms with E-state index in [2.05, 4.69) is 19.9 Å². The Hall–Kier alpha value is -2.87. The van der Waals surface area contributed by atoms with E-state index in [-0.39, 0.29) is 5.91 Å². The summed E-state index contributed by atoms with van der Waals surface area (Å²) in [5.41, 5.74) is 2.21. The van der Waals surface area contributed by atoms with E-state index < -0.39 is 0 Å². The third kappa shape index (κ3) is 4.51. The molecule has 28 heavy (non-hydrogen) atoms. The van der Waals surface area contributed by atoms with Crippen LogP contribution in [0.1, 0.15) is 22.6 Å². The topological polar surface area (TPSA) is 72.3 Å². The van der Waals surface area contributed by atoms with Crippen molar-refractivity contribution in [1.29, 1.82) is 0 Å². The van der Waals surface area contributed by atoms with Gasteiger partial charge in [0.25, 0.3) is 5.91 Å². The van der Waals surface area contributed by atoms with Gasteiger partial charge in [-0.2, -0.15) is 0 Å². The number of carbonyl (C=O) groups excluding carboxylic acids is 1. The molecule has 0 spiro atoms. The van der Waals surface area contributed by atoms with Gasteiger partial charge in [-0.3, -0.25) is 4.79 Å². The molecular formula is C20H25N5O2S. The quantitative estimate of drug-likeness (QED) is 0.589. The average molecular weight is 400 g/mol. The van der Waals surface area contributed by atoms with Gasteiger partial charge in [0.2, 0.25) is 0 Å². The van der Waals surface area contributed by atoms with Crippen LogP contribution in [0.25, 0.3) is 11.3 Å². The molecule has 8 heteroatoms. The van der Waals surface area contributed by atoms with E-state index in [9.17, 15) is 4.79 Å². The van der Waals surface area contributed by atoms with E-state index in [4.69, 9.17) is 4.74 Å². The number of nitrogens with one attached hydrogen (secondary N) is 1. The average Bonchev–Trinajstić information content (AvgIpc) is 3.34. The largest absolute Gasteiger partial charge is 0.496 e. The monoisotopic (exact) mass is 399 g/mol. The number of benzene rings is 1. The summed E-state index contributed by atoms with van der Waals surface area (Å²) >= 11 is 1.55. The Kier molecular flexibility index (Phi) is 6.30. The van der Waals surface area contributed by atoms with Gasteiger partial charge in [0, 0.05) is 56.1 Å². The van der Waals surface area contributed by atoms with Crippen LogP contribution in [0.15, 0.2) is 36.0 Å². The van der Waals surface area contributed by atoms with Gasteiger partial charge < -0.3 is 19.5 Å². The molecule has 0 aliphatic heterocycles. The molecule has 1 amide bonds. The number of aromatic nitrogens is 3. The molecule has 0 aliphatic rings. The Morgan fingerprint density at radius 2 is 2.18 bits per heavy atom. The van der Waals surface area contributed by atoms with Gasteiger partial charge in [-0.15, -0.1) is 11.3 Å². The lowest BCUT2D eigenvalue weighted by Crippen LogP contribution is -2.25. The number of rotatable bonds is 8. The zero-order valence-corrected chi connectivity index (χ0v) is 17.4. The zero-order valence-electron chi connectivity index (χ0n) is 16.6. The lowest BCUT2D eigenvalue weighted by Gasteiger charge is -2.11. The number of thiazole rings is 1. The first-order valence-corrected chi connectivity index (χ1v) is 9.94. The van der Waals surface area contributed by atoms with Gasteiger partial charge in [0.15, 0.2) is 5.13 Å². The van der Waals surface area contributed by atoms with E-state index in [1.54, 1.807) is 30.7 Å². The molecule has 2 aromatic heterocycles. The fraction of sp³-hybridized carbons (Fsp3) is 0.350. The summed E-state index contributed by atoms with van der Waals surface area (Å²) in [4.78, 5) is 23.4. The van der Waals surface area contributed by atoms with Crippen LogP contribution < -0.4 is 15.0 Å². The summed E-state index contributed by atoms with van der Waals surface area (Å²) in [6.45, 7) is 3.39. The molecular weight excluding hydrogens is 374 g/mol. The number of nitrogens with zero attached hydrogens (tertiary/aromatic N) is 4. The normalized spacial score (nSPS) is 10.7. The number of anilines is 1. The second-order valence-electron chi connectivity index (χ2n) is 6.60. The predicted molar refractivity (Wildman–Crippen MR) is 112 cm³/mol. The van der Waals surface area contributed by atoms with Crippen LogP contribution in [-0.4, -0.2) is 48.2 Å². The Balaban J connectivity index is 1.67. The maximum absolute atomic E-state index is 12.6. The molecule has 1 N–H and O–H groups in total. The first-order chi connectivity index (χ1) is 13.5. The Labute approximate surface area is 169 Å². The van der Waals surface area contributed by atoms with Gasteiger partial charge in [-0.25, -0.2) is 9.97 Å². The first kappa shape index (κ1) is 19.9. The summed E-state index contributed by atoms with van der Waals surface area (Å²) in [6.07, 6.45) is 4.57. The van der Waals surface area contributed by atoms with Gasteiger partial charge in [0.1, 0.15) is 11.6 Å². The number of methoxy groups -OCH3 is 1. The van der Waals surface area contributed by atoms with Crippen molar-refractivity contribution >= 4 is 22.4 Å². The van der Waals surface area contributed by atoms with Crippen molar-refractivity contribution in [2.45, 2.75) is 19.9 Å². The van der Waals surface area contributed by atoms with Crippen molar-refractivity contribution in [3.8, 4) is 17.0 Å². The SMILES string of the molecule is COc1ccc(C(=O)NCCCn2ccnc2C)cc1-c1csc(N(C)C)n1. The molecule has 0 unspecified atom stereocenters. The minimum absolute atomic E-state index is 0.102. The molecule has 0 saturated heterocycles. The Morgan fingerprint density at radius 1 is 1.36 bits per heavy atom. The van der Waals surface area contributed by atoms with Crippen LogP contribution in [0.4, 0.5) is 5.13 Å². The van der Waals surface area contributed by atoms with Gasteiger partial charge >= 0.3 is 0 Å². The summed E-state index contributed by atoms with van der Waals surface area (Å²) in [5, 5.41) is 5.86. The number of ether oxygens (including phenoxy) is 1. The van der Waals surface area contributed by atoms with Crippen LogP contribution in [-0.2, 0) is 6.54 Å². The van der Waals surface area contributed by atoms with Crippen LogP contribution in [0.5, 0.6) is 5.75 Å². The van der Waals surface area contributed by atoms with Crippen LogP contribution in [0.2, 0.25) is 0 Å². The third-order valence-electron chi connectivity index (χ3n) is 4.40. The molecule has 1 aromatic carbocycles. The van der Waals surface area contributed by atoms with Gasteiger partial charge in [0.05, 0.1) is 12.8 Å². The van der Waals surface area contributed by atoms with E-state index in [1.807, 2.05) is 49.6 Å². The van der Waals surface area contributed by atoms with Crippen molar-refractivity contribution in [2.75, 3.05) is 32.6 Å². The maximum Gasteiger partial charge on any atom is 0.251 e. The molecule has 3 rings (SSSR count). The molecule has 148 valence electrons. The fourth-order valence-corrected chi connectivity index (χ4v) is 3.59. The molecule has 0 bridgehead atoms. The van der Waals surface area contributed by atoms with Crippen molar-refractivity contribution < 1.29 is 9.53 Å². The van der Waals surface area contributed by atoms with E-state index in [1.165, 1.54) is 0 Å². The Morgan fingerprint density at radius 3 is 2.82 bits per heavy atom. The number of hydrogen-bond donors (Lipinski definition) is 1. The van der Waals surface area contributed by atoms with Crippen molar-refractivity contribution in [2.24, 2.45) is 0 Å². The standard InChI is InChI=1S/C20H25N5O2S/c1-14-21-9-11-25(14)10-5-8-22-19(26)15-6-7-18(27-4)16(12-15)17-13-28-20(23-17)24(2)3/h6-7,9,11-13H,5,8,10H2,1-4H3,(H,22,26). The second kappa shape index (κ2) is 8.88. The van der Waals surface area contributed by atoms with Crippen molar-refractivity contribution in [3.05, 3.63) is 47.4 Å². The first-order valence-electron chi connectivity index (χ1n) is 9.07. The summed E-state index contributed by atoms with van der Waals surface area (Å²) in [6, 6.07) is 5.42. The van der Waals surface area contributed by atoms with Crippen molar-refractivity contribution in [3.63, 3.8) is 0 Å². The number of aryl methyl sites for hydroxylation is 2. The second-order valence-corrected chi connectivity index (χ2v) is 7.44. The number of carbonyl (C=O) groups is 1. The molecule has 0 atom stereocenters. The van der Waals surface area contributed by atoms with Crippen LogP contribution in [0.3, 0.4) is 0 Å². The maximum atomic E-state index is 12.6. The zero-order chi connectivity index (χ0) is 20.1. The van der Waals surface area contributed by atoms with Crippen LogP contribution >= 0.6 is 11.3 Å². The highest BCUT2D eigenvalue weighted by atomic mass is 32.1. The lowest BCUT2D eigenvalue weighted by molar-refractivity contribution is 0.0952. The lowest BCUT2D eigenvalue weighted by atomic mass is 10.1. The molecule has 3 aromatic rings. The molecule has 0 radical (unpaired) electrons. The minimum Gasteiger partial charge on any atom is -0.496 e. The molecule has 0 fully saturated rings. The summed E-state index contributed by atoms with van der Waals surface area (Å²) < 4.78 is 7.54. The van der Waals surface area contributed by atoms with Crippen LogP contribution in [0, 0.1) is 6.92 Å². The fourth-order valence-electron chi connectivity index (χ4n) is 2.84. The number of hydrogen-bond acceptors (Lipinski definition) is 6. The summed E-state index contributed by atoms with van der Waals surface area (Å²) in [5.74, 6) is 1.57. The van der Waals surface area contributed by atoms with E-state index >= 15 is 0 Å². The highest BCUT2D eigenvalue weighted by molar-refractivity contribution is 7.14. The smallest absolute Gasteiger partial charge is 0.251 e. The van der Waals surface area contributed by atoms with E-state index in [0.717, 1.165) is 35.2 Å². The molecule has 0 aliphatic carbocycles. The van der Waals surface area contributed by atoms with Gasteiger partial charge in [-0.05, 0) is 31.5 Å². The summed E-state index contributed by atoms with van der Waals surface area (Å²) in [7, 11) is 5.53. The highest BCUT2D eigenvalue weighted by Crippen LogP contribution is 2.33. The predicted octanol–water partition coefficient (Wildman–Crippen LogP) is 3.21. The van der Waals surface area contributed by atoms with Crippen molar-refractivity contribution in [1.82, 2.24) is 19.9 Å². The number of imidazole rings is 1. The third-order valence-corrected chi connectivity index (χ3v) is 5.41. The van der Waals surface area contributed by atoms with Gasteiger partial charge in [-0.1, -0.05) is 0 Å².